The summed E-state index contributed by atoms with van der Waals surface area (Å²) in [6.45, 7) is 0. The van der Waals surface area contributed by atoms with Gasteiger partial charge >= 0.3 is 0 Å². The molecule has 1 aromatic rings. The summed E-state index contributed by atoms with van der Waals surface area (Å²) in [6, 6.07) is 0. The number of aromatic nitrogens is 2. The molecule has 0 aliphatic heterocycles. The monoisotopic (exact) mass is 244 g/mol. The van der Waals surface area contributed by atoms with Gasteiger partial charge in [-0.05, 0) is 0 Å². The van der Waals surface area contributed by atoms with E-state index in [0.29, 0.717) is 5.88 Å². The van der Waals surface area contributed by atoms with Gasteiger partial charge in [0.2, 0.25) is 3.79 Å². The summed E-state index contributed by atoms with van der Waals surface area (Å²) in [5.41, 5.74) is 0.787. The summed E-state index contributed by atoms with van der Waals surface area (Å²) >= 11 is 22.1. The molecule has 0 unspecified atom stereocenters. The van der Waals surface area contributed by atoms with Gasteiger partial charge in [-0.15, -0.1) is 11.6 Å². The highest BCUT2D eigenvalue weighted by Crippen LogP contribution is 2.35. The molecule has 1 rings (SSSR count). The van der Waals surface area contributed by atoms with Crippen LogP contribution in [-0.2, 0) is 9.67 Å². The third-order valence-corrected chi connectivity index (χ3v) is 1.93. The van der Waals surface area contributed by atoms with E-state index in [0.717, 1.165) is 5.56 Å². The SMILES string of the molecule is ClCc1cnc(C(Cl)(Cl)Cl)nc1. The number of rotatable bonds is 1. The Balaban J connectivity index is 2.93. The van der Waals surface area contributed by atoms with Gasteiger partial charge in [0.05, 0.1) is 5.88 Å². The molecule has 0 aromatic carbocycles. The Labute approximate surface area is 89.8 Å². The van der Waals surface area contributed by atoms with Crippen molar-refractivity contribution in [3.05, 3.63) is 23.8 Å². The first kappa shape index (κ1) is 10.3. The van der Waals surface area contributed by atoms with E-state index in [2.05, 4.69) is 9.97 Å². The minimum Gasteiger partial charge on any atom is -0.237 e. The first-order valence-corrected chi connectivity index (χ1v) is 4.65. The number of alkyl halides is 4. The third kappa shape index (κ3) is 2.63. The van der Waals surface area contributed by atoms with Gasteiger partial charge in [0, 0.05) is 18.0 Å². The van der Waals surface area contributed by atoms with E-state index in [-0.39, 0.29) is 5.82 Å². The topological polar surface area (TPSA) is 25.8 Å². The van der Waals surface area contributed by atoms with E-state index in [1.807, 2.05) is 0 Å². The largest absolute Gasteiger partial charge is 0.250 e. The molecule has 0 spiro atoms. The van der Waals surface area contributed by atoms with E-state index in [1.165, 1.54) is 12.4 Å². The highest BCUT2D eigenvalue weighted by atomic mass is 35.6. The van der Waals surface area contributed by atoms with Crippen LogP contribution in [0.4, 0.5) is 0 Å². The first-order valence-electron chi connectivity index (χ1n) is 2.98. The quantitative estimate of drug-likeness (QED) is 0.711. The van der Waals surface area contributed by atoms with Crippen LogP contribution in [0.5, 0.6) is 0 Å². The van der Waals surface area contributed by atoms with Crippen molar-refractivity contribution >= 4 is 46.4 Å². The molecule has 0 bridgehead atoms. The fraction of sp³-hybridized carbons (Fsp3) is 0.333. The summed E-state index contributed by atoms with van der Waals surface area (Å²) in [5.74, 6) is 0.501. The smallest absolute Gasteiger partial charge is 0.237 e. The van der Waals surface area contributed by atoms with E-state index in [9.17, 15) is 0 Å². The third-order valence-electron chi connectivity index (χ3n) is 1.11. The lowest BCUT2D eigenvalue weighted by Gasteiger charge is -2.07. The van der Waals surface area contributed by atoms with Crippen LogP contribution < -0.4 is 0 Å². The van der Waals surface area contributed by atoms with Crippen LogP contribution in [0.2, 0.25) is 0 Å². The van der Waals surface area contributed by atoms with Gasteiger partial charge < -0.3 is 0 Å². The molecule has 0 atom stereocenters. The second kappa shape index (κ2) is 3.97. The van der Waals surface area contributed by atoms with Crippen LogP contribution in [-0.4, -0.2) is 9.97 Å². The molecular formula is C6H4Cl4N2. The van der Waals surface area contributed by atoms with E-state index >= 15 is 0 Å². The van der Waals surface area contributed by atoms with E-state index in [4.69, 9.17) is 46.4 Å². The normalized spacial score (nSPS) is 11.7. The molecule has 0 saturated carbocycles. The maximum absolute atomic E-state index is 5.53. The molecule has 6 heteroatoms. The summed E-state index contributed by atoms with van der Waals surface area (Å²) in [6.07, 6.45) is 3.05. The Morgan fingerprint density at radius 2 is 1.67 bits per heavy atom. The summed E-state index contributed by atoms with van der Waals surface area (Å²) in [5, 5.41) is 0. The molecule has 0 saturated heterocycles. The van der Waals surface area contributed by atoms with Crippen molar-refractivity contribution in [3.8, 4) is 0 Å². The molecule has 1 aromatic heterocycles. The molecule has 2 nitrogen and oxygen atoms in total. The summed E-state index contributed by atoms with van der Waals surface area (Å²) < 4.78 is -1.56. The molecule has 1 heterocycles. The van der Waals surface area contributed by atoms with Gasteiger partial charge in [-0.1, -0.05) is 34.8 Å². The van der Waals surface area contributed by atoms with Crippen molar-refractivity contribution in [2.24, 2.45) is 0 Å². The molecule has 12 heavy (non-hydrogen) atoms. The minimum atomic E-state index is -1.56. The zero-order valence-electron chi connectivity index (χ0n) is 5.77. The molecule has 66 valence electrons. The van der Waals surface area contributed by atoms with Crippen LogP contribution in [0, 0.1) is 0 Å². The van der Waals surface area contributed by atoms with Crippen molar-refractivity contribution in [2.75, 3.05) is 0 Å². The Hall–Kier alpha value is 0.240. The second-order valence-electron chi connectivity index (χ2n) is 2.05. The first-order chi connectivity index (χ1) is 5.54. The lowest BCUT2D eigenvalue weighted by atomic mass is 10.4. The summed E-state index contributed by atoms with van der Waals surface area (Å²) in [4.78, 5) is 7.66. The molecule has 0 aliphatic rings. The molecule has 0 aliphatic carbocycles. The second-order valence-corrected chi connectivity index (χ2v) is 4.59. The Kier molecular flexibility index (Phi) is 3.41. The fourth-order valence-electron chi connectivity index (χ4n) is 0.570. The maximum Gasteiger partial charge on any atom is 0.250 e. The van der Waals surface area contributed by atoms with Crippen molar-refractivity contribution in [2.45, 2.75) is 9.67 Å². The van der Waals surface area contributed by atoms with Gasteiger partial charge in [0.15, 0.2) is 5.82 Å². The number of nitrogens with zero attached hydrogens (tertiary/aromatic N) is 2. The van der Waals surface area contributed by atoms with Crippen molar-refractivity contribution in [1.82, 2.24) is 9.97 Å². The Morgan fingerprint density at radius 3 is 2.00 bits per heavy atom. The van der Waals surface area contributed by atoms with Crippen LogP contribution in [0.1, 0.15) is 11.4 Å². The van der Waals surface area contributed by atoms with Crippen LogP contribution in [0.15, 0.2) is 12.4 Å². The Morgan fingerprint density at radius 1 is 1.17 bits per heavy atom. The zero-order valence-corrected chi connectivity index (χ0v) is 8.79. The van der Waals surface area contributed by atoms with Crippen molar-refractivity contribution in [3.63, 3.8) is 0 Å². The molecule has 0 fully saturated rings. The van der Waals surface area contributed by atoms with Crippen LogP contribution in [0.3, 0.4) is 0 Å². The highest BCUT2D eigenvalue weighted by Gasteiger charge is 2.25. The van der Waals surface area contributed by atoms with Gasteiger partial charge in [-0.3, -0.25) is 0 Å². The van der Waals surface area contributed by atoms with Gasteiger partial charge in [-0.25, -0.2) is 9.97 Å². The van der Waals surface area contributed by atoms with Crippen LogP contribution >= 0.6 is 46.4 Å². The number of hydrogen-bond donors (Lipinski definition) is 0. The standard InChI is InChI=1S/C6H4Cl4N2/c7-1-4-2-11-5(12-3-4)6(8,9)10/h2-3H,1H2. The molecular weight excluding hydrogens is 242 g/mol. The van der Waals surface area contributed by atoms with E-state index < -0.39 is 3.79 Å². The van der Waals surface area contributed by atoms with Crippen molar-refractivity contribution in [1.29, 1.82) is 0 Å². The Bertz CT molecular complexity index is 253. The van der Waals surface area contributed by atoms with Gasteiger partial charge in [0.1, 0.15) is 0 Å². The number of halogens is 4. The molecule has 0 N–H and O–H groups in total. The average molecular weight is 246 g/mol. The van der Waals surface area contributed by atoms with E-state index in [1.54, 1.807) is 0 Å². The molecule has 0 amide bonds. The summed E-state index contributed by atoms with van der Waals surface area (Å²) in [7, 11) is 0. The zero-order chi connectivity index (χ0) is 9.19. The fourth-order valence-corrected chi connectivity index (χ4v) is 1.00. The molecule has 0 radical (unpaired) electrons. The van der Waals surface area contributed by atoms with Gasteiger partial charge in [0.25, 0.3) is 0 Å². The van der Waals surface area contributed by atoms with Crippen molar-refractivity contribution < 1.29 is 0 Å². The minimum absolute atomic E-state index is 0.154. The van der Waals surface area contributed by atoms with Crippen LogP contribution in [0.25, 0.3) is 0 Å². The lowest BCUT2D eigenvalue weighted by molar-refractivity contribution is 0.953. The maximum atomic E-state index is 5.53. The predicted molar refractivity (Wildman–Crippen MR) is 50.8 cm³/mol. The average Bonchev–Trinajstić information content (AvgIpc) is 2.03. The predicted octanol–water partition coefficient (Wildman–Crippen LogP) is 3.04. The lowest BCUT2D eigenvalue weighted by Crippen LogP contribution is -2.06. The highest BCUT2D eigenvalue weighted by molar-refractivity contribution is 6.66. The van der Waals surface area contributed by atoms with Gasteiger partial charge in [-0.2, -0.15) is 0 Å². The number of hydrogen-bond acceptors (Lipinski definition) is 2.